The molecule has 0 atom stereocenters. The van der Waals surface area contributed by atoms with Crippen molar-refractivity contribution in [3.63, 3.8) is 0 Å². The first-order valence-electron chi connectivity index (χ1n) is 9.75. The maximum absolute atomic E-state index is 12.7. The molecule has 160 valence electrons. The minimum atomic E-state index is -0.486. The third-order valence-corrected chi connectivity index (χ3v) is 5.55. The lowest BCUT2D eigenvalue weighted by molar-refractivity contribution is -0.127. The normalized spacial score (nSPS) is 14.8. The first-order chi connectivity index (χ1) is 14.8. The summed E-state index contributed by atoms with van der Waals surface area (Å²) < 4.78 is 5.50. The first kappa shape index (κ1) is 22.4. The minimum Gasteiger partial charge on any atom is -0.490 e. The zero-order valence-corrected chi connectivity index (χ0v) is 18.5. The molecule has 0 aliphatic carbocycles. The highest BCUT2D eigenvalue weighted by Crippen LogP contribution is 2.32. The largest absolute Gasteiger partial charge is 0.490 e. The molecule has 1 aliphatic heterocycles. The number of thioether (sulfide) groups is 1. The molecule has 7 heteroatoms. The number of anilines is 1. The summed E-state index contributed by atoms with van der Waals surface area (Å²) >= 11 is 0.818. The molecule has 31 heavy (non-hydrogen) atoms. The average Bonchev–Trinajstić information content (AvgIpc) is 2.96. The van der Waals surface area contributed by atoms with Crippen molar-refractivity contribution in [2.75, 3.05) is 18.5 Å². The second kappa shape index (κ2) is 9.66. The van der Waals surface area contributed by atoms with Crippen molar-refractivity contribution in [2.24, 2.45) is 0 Å². The van der Waals surface area contributed by atoms with Crippen molar-refractivity contribution < 1.29 is 19.1 Å². The second-order valence-corrected chi connectivity index (χ2v) is 8.26. The van der Waals surface area contributed by atoms with Crippen LogP contribution in [0.4, 0.5) is 10.5 Å². The van der Waals surface area contributed by atoms with Gasteiger partial charge >= 0.3 is 0 Å². The molecule has 6 nitrogen and oxygen atoms in total. The zero-order valence-electron chi connectivity index (χ0n) is 17.7. The molecule has 3 rings (SSSR count). The Hall–Kier alpha value is -3.32. The van der Waals surface area contributed by atoms with Crippen LogP contribution < -0.4 is 10.1 Å². The van der Waals surface area contributed by atoms with Crippen molar-refractivity contribution in [2.45, 2.75) is 20.8 Å². The van der Waals surface area contributed by atoms with E-state index < -0.39 is 17.1 Å². The standard InChI is InChI=1S/C24H24N2O4S/c1-5-9-30-19-8-6-7-18(12-19)13-20-23(28)26(24(29)31-20)14-21(27)25-22-16(3)10-15(2)11-17(22)4/h5-8,10-13H,1,9,14H2,2-4H3,(H,25,27)/b20-13+. The Labute approximate surface area is 186 Å². The molecular weight excluding hydrogens is 412 g/mol. The van der Waals surface area contributed by atoms with Crippen LogP contribution in [0.3, 0.4) is 0 Å². The molecule has 0 aromatic heterocycles. The van der Waals surface area contributed by atoms with Gasteiger partial charge in [0.25, 0.3) is 11.1 Å². The van der Waals surface area contributed by atoms with E-state index in [1.54, 1.807) is 30.4 Å². The number of rotatable bonds is 7. The van der Waals surface area contributed by atoms with Crippen molar-refractivity contribution in [3.05, 3.63) is 76.2 Å². The Kier molecular flexibility index (Phi) is 6.97. The lowest BCUT2D eigenvalue weighted by atomic mass is 10.1. The van der Waals surface area contributed by atoms with Crippen molar-refractivity contribution >= 4 is 40.6 Å². The van der Waals surface area contributed by atoms with E-state index in [9.17, 15) is 14.4 Å². The molecule has 0 radical (unpaired) electrons. The van der Waals surface area contributed by atoms with E-state index in [-0.39, 0.29) is 11.4 Å². The van der Waals surface area contributed by atoms with E-state index >= 15 is 0 Å². The molecule has 1 N–H and O–H groups in total. The fourth-order valence-corrected chi connectivity index (χ4v) is 4.17. The molecule has 1 fully saturated rings. The van der Waals surface area contributed by atoms with Crippen molar-refractivity contribution in [1.82, 2.24) is 4.90 Å². The Balaban J connectivity index is 1.71. The third kappa shape index (κ3) is 5.44. The van der Waals surface area contributed by atoms with Crippen LogP contribution in [0.5, 0.6) is 5.75 Å². The quantitative estimate of drug-likeness (QED) is 0.496. The van der Waals surface area contributed by atoms with E-state index in [1.165, 1.54) is 0 Å². The predicted molar refractivity (Wildman–Crippen MR) is 124 cm³/mol. The molecular formula is C24H24N2O4S. The number of hydrogen-bond donors (Lipinski definition) is 1. The maximum Gasteiger partial charge on any atom is 0.294 e. The number of aryl methyl sites for hydroxylation is 3. The van der Waals surface area contributed by atoms with Crippen LogP contribution in [0.1, 0.15) is 22.3 Å². The Morgan fingerprint density at radius 3 is 2.55 bits per heavy atom. The van der Waals surface area contributed by atoms with Gasteiger partial charge in [-0.2, -0.15) is 0 Å². The van der Waals surface area contributed by atoms with Crippen LogP contribution in [0.15, 0.2) is 54.0 Å². The number of amides is 3. The highest BCUT2D eigenvalue weighted by molar-refractivity contribution is 8.18. The van der Waals surface area contributed by atoms with Gasteiger partial charge in [0, 0.05) is 5.69 Å². The maximum atomic E-state index is 12.7. The molecule has 3 amide bonds. The molecule has 1 aliphatic rings. The van der Waals surface area contributed by atoms with Gasteiger partial charge in [-0.1, -0.05) is 42.5 Å². The van der Waals surface area contributed by atoms with E-state index in [0.29, 0.717) is 18.0 Å². The number of imide groups is 1. The summed E-state index contributed by atoms with van der Waals surface area (Å²) in [5.74, 6) is -0.269. The summed E-state index contributed by atoms with van der Waals surface area (Å²) in [4.78, 5) is 38.9. The number of carbonyl (C=O) groups excluding carboxylic acids is 3. The number of nitrogens with one attached hydrogen (secondary N) is 1. The van der Waals surface area contributed by atoms with Gasteiger partial charge < -0.3 is 10.1 Å². The molecule has 1 saturated heterocycles. The van der Waals surface area contributed by atoms with Crippen LogP contribution in [0.25, 0.3) is 6.08 Å². The molecule has 0 spiro atoms. The second-order valence-electron chi connectivity index (χ2n) is 7.26. The van der Waals surface area contributed by atoms with Crippen LogP contribution in [-0.2, 0) is 9.59 Å². The SMILES string of the molecule is C=CCOc1cccc(/C=C2/SC(=O)N(CC(=O)Nc3c(C)cc(C)cc3C)C2=O)c1. The number of hydrogen-bond acceptors (Lipinski definition) is 5. The van der Waals surface area contributed by atoms with Gasteiger partial charge in [-0.15, -0.1) is 0 Å². The molecule has 2 aromatic rings. The van der Waals surface area contributed by atoms with Gasteiger partial charge in [0.05, 0.1) is 4.91 Å². The summed E-state index contributed by atoms with van der Waals surface area (Å²) in [6, 6.07) is 11.1. The Morgan fingerprint density at radius 1 is 1.16 bits per heavy atom. The minimum absolute atomic E-state index is 0.265. The predicted octanol–water partition coefficient (Wildman–Crippen LogP) is 4.85. The first-order valence-corrected chi connectivity index (χ1v) is 10.6. The summed E-state index contributed by atoms with van der Waals surface area (Å²) in [7, 11) is 0. The number of carbonyl (C=O) groups is 3. The Morgan fingerprint density at radius 2 is 1.87 bits per heavy atom. The third-order valence-electron chi connectivity index (χ3n) is 4.64. The van der Waals surface area contributed by atoms with Gasteiger partial charge in [-0.05, 0) is 67.4 Å². The Bertz CT molecular complexity index is 1070. The lowest BCUT2D eigenvalue weighted by Gasteiger charge is -2.15. The van der Waals surface area contributed by atoms with Crippen molar-refractivity contribution in [3.8, 4) is 5.75 Å². The van der Waals surface area contributed by atoms with E-state index in [1.807, 2.05) is 39.0 Å². The molecule has 0 unspecified atom stereocenters. The van der Waals surface area contributed by atoms with Gasteiger partial charge in [0.2, 0.25) is 5.91 Å². The highest BCUT2D eigenvalue weighted by Gasteiger charge is 2.36. The van der Waals surface area contributed by atoms with E-state index in [2.05, 4.69) is 11.9 Å². The van der Waals surface area contributed by atoms with E-state index in [0.717, 1.165) is 38.9 Å². The average molecular weight is 437 g/mol. The molecule has 1 heterocycles. The zero-order chi connectivity index (χ0) is 22.5. The van der Waals surface area contributed by atoms with Crippen LogP contribution in [-0.4, -0.2) is 35.1 Å². The smallest absolute Gasteiger partial charge is 0.294 e. The summed E-state index contributed by atoms with van der Waals surface area (Å²) in [6.07, 6.45) is 3.26. The highest BCUT2D eigenvalue weighted by atomic mass is 32.2. The number of ether oxygens (including phenoxy) is 1. The number of benzene rings is 2. The monoisotopic (exact) mass is 436 g/mol. The summed E-state index contributed by atoms with van der Waals surface area (Å²) in [5.41, 5.74) is 4.39. The van der Waals surface area contributed by atoms with Crippen LogP contribution in [0, 0.1) is 20.8 Å². The van der Waals surface area contributed by atoms with Gasteiger partial charge in [0.1, 0.15) is 18.9 Å². The fraction of sp³-hybridized carbons (Fsp3) is 0.208. The number of nitrogens with zero attached hydrogens (tertiary/aromatic N) is 1. The van der Waals surface area contributed by atoms with Gasteiger partial charge in [-0.25, -0.2) is 0 Å². The molecule has 0 saturated carbocycles. The van der Waals surface area contributed by atoms with Gasteiger partial charge in [0.15, 0.2) is 0 Å². The molecule has 0 bridgehead atoms. The summed E-state index contributed by atoms with van der Waals surface area (Å²) in [5, 5.41) is 2.36. The van der Waals surface area contributed by atoms with Crippen LogP contribution >= 0.6 is 11.8 Å². The van der Waals surface area contributed by atoms with E-state index in [4.69, 9.17) is 4.74 Å². The molecule has 2 aromatic carbocycles. The summed E-state index contributed by atoms with van der Waals surface area (Å²) in [6.45, 7) is 9.45. The van der Waals surface area contributed by atoms with Gasteiger partial charge in [-0.3, -0.25) is 19.3 Å². The topological polar surface area (TPSA) is 75.7 Å². The van der Waals surface area contributed by atoms with Crippen LogP contribution in [0.2, 0.25) is 0 Å². The fourth-order valence-electron chi connectivity index (χ4n) is 3.34. The lowest BCUT2D eigenvalue weighted by Crippen LogP contribution is -2.36. The van der Waals surface area contributed by atoms with Crippen molar-refractivity contribution in [1.29, 1.82) is 0 Å².